The summed E-state index contributed by atoms with van der Waals surface area (Å²) in [5.74, 6) is -0.360. The quantitative estimate of drug-likeness (QED) is 0.809. The summed E-state index contributed by atoms with van der Waals surface area (Å²) >= 11 is 0. The van der Waals surface area contributed by atoms with Gasteiger partial charge in [0.25, 0.3) is 0 Å². The van der Waals surface area contributed by atoms with E-state index in [4.69, 9.17) is 9.57 Å². The van der Waals surface area contributed by atoms with Gasteiger partial charge in [-0.15, -0.1) is 0 Å². The van der Waals surface area contributed by atoms with Gasteiger partial charge in [-0.25, -0.2) is 4.39 Å². The molecular formula is C19H25FN2O4. The van der Waals surface area contributed by atoms with Crippen LogP contribution in [0.5, 0.6) is 0 Å². The highest BCUT2D eigenvalue weighted by Gasteiger charge is 2.43. The van der Waals surface area contributed by atoms with Crippen LogP contribution in [0.1, 0.15) is 38.2 Å². The van der Waals surface area contributed by atoms with Crippen LogP contribution >= 0.6 is 0 Å². The van der Waals surface area contributed by atoms with Crippen molar-refractivity contribution in [2.24, 2.45) is 10.6 Å². The molecular weight excluding hydrogens is 339 g/mol. The Morgan fingerprint density at radius 2 is 2.08 bits per heavy atom. The molecule has 2 heterocycles. The average molecular weight is 364 g/mol. The van der Waals surface area contributed by atoms with E-state index in [0.717, 1.165) is 11.3 Å². The molecule has 0 bridgehead atoms. The maximum atomic E-state index is 13.1. The minimum Gasteiger partial charge on any atom is -0.392 e. The topological polar surface area (TPSA) is 80.2 Å². The number of ether oxygens (including phenoxy) is 1. The Kier molecular flexibility index (Phi) is 5.88. The van der Waals surface area contributed by atoms with E-state index < -0.39 is 11.5 Å². The van der Waals surface area contributed by atoms with Crippen molar-refractivity contribution in [1.29, 1.82) is 0 Å². The van der Waals surface area contributed by atoms with Crippen molar-refractivity contribution in [2.75, 3.05) is 19.8 Å². The van der Waals surface area contributed by atoms with Crippen LogP contribution in [0, 0.1) is 11.2 Å². The van der Waals surface area contributed by atoms with Gasteiger partial charge in [-0.05, 0) is 37.5 Å². The number of nitrogens with zero attached hydrogens (tertiary/aromatic N) is 1. The number of aliphatic hydroxyl groups is 1. The highest BCUT2D eigenvalue weighted by Crippen LogP contribution is 2.38. The van der Waals surface area contributed by atoms with Gasteiger partial charge in [0.15, 0.2) is 0 Å². The van der Waals surface area contributed by atoms with Crippen LogP contribution in [0.3, 0.4) is 0 Å². The van der Waals surface area contributed by atoms with E-state index in [-0.39, 0.29) is 24.4 Å². The van der Waals surface area contributed by atoms with E-state index in [1.807, 2.05) is 0 Å². The number of aliphatic hydroxyl groups excluding tert-OH is 1. The standard InChI is InChI=1S/C19H25FN2O4/c1-13(23)12-21-18(24)19(6-8-25-9-7-19)11-16-10-17(22-26-16)14-2-4-15(20)5-3-14/h2-5,13,16,23H,6-12H2,1H3,(H,21,24)/t13-,16+/m1/s1. The van der Waals surface area contributed by atoms with Crippen molar-refractivity contribution in [3.63, 3.8) is 0 Å². The Labute approximate surface area is 152 Å². The maximum absolute atomic E-state index is 13.1. The average Bonchev–Trinajstić information content (AvgIpc) is 3.09. The second kappa shape index (κ2) is 8.14. The van der Waals surface area contributed by atoms with Crippen LogP contribution in [0.4, 0.5) is 4.39 Å². The molecule has 7 heteroatoms. The third-order valence-electron chi connectivity index (χ3n) is 5.02. The summed E-state index contributed by atoms with van der Waals surface area (Å²) < 4.78 is 18.5. The van der Waals surface area contributed by atoms with Gasteiger partial charge >= 0.3 is 0 Å². The smallest absolute Gasteiger partial charge is 0.226 e. The van der Waals surface area contributed by atoms with Crippen LogP contribution in [-0.2, 0) is 14.4 Å². The summed E-state index contributed by atoms with van der Waals surface area (Å²) in [5, 5.41) is 16.4. The van der Waals surface area contributed by atoms with E-state index in [9.17, 15) is 14.3 Å². The van der Waals surface area contributed by atoms with Crippen molar-refractivity contribution in [3.8, 4) is 0 Å². The number of rotatable bonds is 6. The molecule has 1 aromatic carbocycles. The van der Waals surface area contributed by atoms with E-state index >= 15 is 0 Å². The van der Waals surface area contributed by atoms with Crippen molar-refractivity contribution in [2.45, 2.75) is 44.8 Å². The van der Waals surface area contributed by atoms with E-state index in [1.54, 1.807) is 19.1 Å². The number of oxime groups is 1. The Morgan fingerprint density at radius 1 is 1.38 bits per heavy atom. The fourth-order valence-corrected chi connectivity index (χ4v) is 3.50. The molecule has 1 amide bonds. The molecule has 0 saturated carbocycles. The van der Waals surface area contributed by atoms with E-state index in [2.05, 4.69) is 10.5 Å². The van der Waals surface area contributed by atoms with Crippen LogP contribution in [-0.4, -0.2) is 48.7 Å². The second-order valence-electron chi connectivity index (χ2n) is 7.13. The van der Waals surface area contributed by atoms with Crippen LogP contribution < -0.4 is 5.32 Å². The highest BCUT2D eigenvalue weighted by atomic mass is 19.1. The zero-order chi connectivity index (χ0) is 18.6. The molecule has 0 aliphatic carbocycles. The summed E-state index contributed by atoms with van der Waals surface area (Å²) in [5.41, 5.74) is 1.01. The van der Waals surface area contributed by atoms with Crippen molar-refractivity contribution >= 4 is 11.6 Å². The van der Waals surface area contributed by atoms with Crippen LogP contribution in [0.2, 0.25) is 0 Å². The lowest BCUT2D eigenvalue weighted by molar-refractivity contribution is -0.140. The van der Waals surface area contributed by atoms with Gasteiger partial charge in [0.1, 0.15) is 11.9 Å². The minimum absolute atomic E-state index is 0.0690. The number of carbonyl (C=O) groups excluding carboxylic acids is 1. The third kappa shape index (κ3) is 4.40. The zero-order valence-corrected chi connectivity index (χ0v) is 14.9. The Balaban J connectivity index is 1.65. The Bertz CT molecular complexity index is 654. The number of amides is 1. The number of carbonyl (C=O) groups is 1. The third-order valence-corrected chi connectivity index (χ3v) is 5.02. The summed E-state index contributed by atoms with van der Waals surface area (Å²) in [4.78, 5) is 18.4. The second-order valence-corrected chi connectivity index (χ2v) is 7.13. The molecule has 0 unspecified atom stereocenters. The molecule has 1 saturated heterocycles. The summed E-state index contributed by atoms with van der Waals surface area (Å²) in [6.07, 6.45) is 1.56. The molecule has 26 heavy (non-hydrogen) atoms. The zero-order valence-electron chi connectivity index (χ0n) is 14.9. The molecule has 6 nitrogen and oxygen atoms in total. The number of hydrogen-bond acceptors (Lipinski definition) is 5. The van der Waals surface area contributed by atoms with Crippen LogP contribution in [0.25, 0.3) is 0 Å². The fourth-order valence-electron chi connectivity index (χ4n) is 3.50. The predicted octanol–water partition coefficient (Wildman–Crippen LogP) is 2.00. The minimum atomic E-state index is -0.591. The molecule has 0 aromatic heterocycles. The lowest BCUT2D eigenvalue weighted by Crippen LogP contribution is -2.48. The fraction of sp³-hybridized carbons (Fsp3) is 0.579. The molecule has 0 spiro atoms. The van der Waals surface area contributed by atoms with Crippen LogP contribution in [0.15, 0.2) is 29.4 Å². The van der Waals surface area contributed by atoms with Crippen molar-refractivity contribution < 1.29 is 23.9 Å². The first-order valence-electron chi connectivity index (χ1n) is 9.01. The predicted molar refractivity (Wildman–Crippen MR) is 94.2 cm³/mol. The lowest BCUT2D eigenvalue weighted by Gasteiger charge is -2.37. The van der Waals surface area contributed by atoms with Gasteiger partial charge < -0.3 is 20.0 Å². The first-order chi connectivity index (χ1) is 12.5. The summed E-state index contributed by atoms with van der Waals surface area (Å²) in [7, 11) is 0. The van der Waals surface area contributed by atoms with Gasteiger partial charge in [0, 0.05) is 32.6 Å². The Morgan fingerprint density at radius 3 is 2.73 bits per heavy atom. The van der Waals surface area contributed by atoms with Crippen molar-refractivity contribution in [1.82, 2.24) is 5.32 Å². The SMILES string of the molecule is C[C@@H](O)CNC(=O)C1(C[C@@H]2CC(c3ccc(F)cc3)=NO2)CCOCC1. The van der Waals surface area contributed by atoms with E-state index in [0.29, 0.717) is 38.9 Å². The first kappa shape index (κ1) is 18.8. The monoisotopic (exact) mass is 364 g/mol. The molecule has 2 N–H and O–H groups in total. The van der Waals surface area contributed by atoms with Gasteiger partial charge in [-0.3, -0.25) is 4.79 Å². The molecule has 1 fully saturated rings. The molecule has 1 aromatic rings. The molecule has 2 atom stereocenters. The van der Waals surface area contributed by atoms with Gasteiger partial charge in [-0.2, -0.15) is 0 Å². The summed E-state index contributed by atoms with van der Waals surface area (Å²) in [6, 6.07) is 6.15. The number of nitrogens with one attached hydrogen (secondary N) is 1. The first-order valence-corrected chi connectivity index (χ1v) is 9.01. The van der Waals surface area contributed by atoms with Gasteiger partial charge in [-0.1, -0.05) is 17.3 Å². The molecule has 0 radical (unpaired) electrons. The highest BCUT2D eigenvalue weighted by molar-refractivity contribution is 6.01. The number of halogens is 1. The summed E-state index contributed by atoms with van der Waals surface area (Å²) in [6.45, 7) is 2.92. The largest absolute Gasteiger partial charge is 0.392 e. The van der Waals surface area contributed by atoms with Gasteiger partial charge in [0.2, 0.25) is 5.91 Å². The molecule has 3 rings (SSSR count). The normalized spacial score (nSPS) is 23.0. The number of benzene rings is 1. The maximum Gasteiger partial charge on any atom is 0.226 e. The van der Waals surface area contributed by atoms with Gasteiger partial charge in [0.05, 0.1) is 17.2 Å². The number of hydrogen-bond donors (Lipinski definition) is 2. The molecule has 142 valence electrons. The van der Waals surface area contributed by atoms with Crippen molar-refractivity contribution in [3.05, 3.63) is 35.6 Å². The molecule has 2 aliphatic rings. The molecule has 2 aliphatic heterocycles. The Hall–Kier alpha value is -1.99. The lowest BCUT2D eigenvalue weighted by atomic mass is 9.74. The van der Waals surface area contributed by atoms with E-state index in [1.165, 1.54) is 12.1 Å².